The first-order valence-corrected chi connectivity index (χ1v) is 6.12. The predicted molar refractivity (Wildman–Crippen MR) is 75.3 cm³/mol. The van der Waals surface area contributed by atoms with Gasteiger partial charge in [-0.15, -0.1) is 0 Å². The molecule has 0 saturated heterocycles. The van der Waals surface area contributed by atoms with Crippen LogP contribution in [0.5, 0.6) is 5.75 Å². The molecule has 5 heteroatoms. The van der Waals surface area contributed by atoms with Gasteiger partial charge >= 0.3 is 5.69 Å². The number of nitrogens with zero attached hydrogens (tertiary/aromatic N) is 1. The Morgan fingerprint density at radius 3 is 2.63 bits per heavy atom. The topological polar surface area (TPSA) is 81.0 Å². The molecular formula is C14H17N3O2. The van der Waals surface area contributed by atoms with Crippen molar-refractivity contribution in [3.8, 4) is 17.0 Å². The van der Waals surface area contributed by atoms with E-state index in [1.807, 2.05) is 32.9 Å². The molecule has 100 valence electrons. The molecule has 0 amide bonds. The molecular weight excluding hydrogens is 242 g/mol. The Kier molecular flexibility index (Phi) is 3.55. The maximum atomic E-state index is 11.4. The van der Waals surface area contributed by atoms with Gasteiger partial charge < -0.3 is 15.5 Å². The Hall–Kier alpha value is -2.30. The van der Waals surface area contributed by atoms with Gasteiger partial charge in [0.15, 0.2) is 0 Å². The van der Waals surface area contributed by atoms with Gasteiger partial charge in [0.05, 0.1) is 12.3 Å². The lowest BCUT2D eigenvalue weighted by molar-refractivity contribution is 0.337. The number of H-pyrrole nitrogens is 1. The van der Waals surface area contributed by atoms with Crippen LogP contribution in [-0.4, -0.2) is 16.6 Å². The SMILES string of the molecule is CCOc1cc(C)c(-c2cc(N)nc(=O)[nH]2)cc1C. The number of hydrogen-bond donors (Lipinski definition) is 2. The van der Waals surface area contributed by atoms with Gasteiger partial charge in [-0.05, 0) is 44.0 Å². The zero-order chi connectivity index (χ0) is 14.0. The van der Waals surface area contributed by atoms with Gasteiger partial charge in [-0.25, -0.2) is 4.79 Å². The summed E-state index contributed by atoms with van der Waals surface area (Å²) >= 11 is 0. The second-order valence-corrected chi connectivity index (χ2v) is 4.39. The van der Waals surface area contributed by atoms with Crippen LogP contribution in [-0.2, 0) is 0 Å². The molecule has 1 aromatic heterocycles. The quantitative estimate of drug-likeness (QED) is 0.883. The summed E-state index contributed by atoms with van der Waals surface area (Å²) < 4.78 is 5.55. The number of anilines is 1. The summed E-state index contributed by atoms with van der Waals surface area (Å²) in [4.78, 5) is 17.7. The van der Waals surface area contributed by atoms with E-state index in [0.29, 0.717) is 12.3 Å². The number of nitrogens with two attached hydrogens (primary N) is 1. The lowest BCUT2D eigenvalue weighted by atomic mass is 10.0. The van der Waals surface area contributed by atoms with Crippen LogP contribution in [0.2, 0.25) is 0 Å². The number of nitrogens with one attached hydrogen (secondary N) is 1. The molecule has 0 saturated carbocycles. The lowest BCUT2D eigenvalue weighted by Gasteiger charge is -2.12. The van der Waals surface area contributed by atoms with E-state index in [2.05, 4.69) is 9.97 Å². The fraction of sp³-hybridized carbons (Fsp3) is 0.286. The van der Waals surface area contributed by atoms with Crippen molar-refractivity contribution in [2.45, 2.75) is 20.8 Å². The first-order chi connectivity index (χ1) is 9.01. The van der Waals surface area contributed by atoms with Crippen LogP contribution >= 0.6 is 0 Å². The summed E-state index contributed by atoms with van der Waals surface area (Å²) in [6.45, 7) is 6.51. The molecule has 2 aromatic rings. The predicted octanol–water partition coefficient (Wildman–Crippen LogP) is 2.03. The largest absolute Gasteiger partial charge is 0.494 e. The fourth-order valence-corrected chi connectivity index (χ4v) is 2.01. The first kappa shape index (κ1) is 13.1. The number of ether oxygens (including phenoxy) is 1. The van der Waals surface area contributed by atoms with Crippen molar-refractivity contribution in [3.05, 3.63) is 39.8 Å². The van der Waals surface area contributed by atoms with E-state index in [4.69, 9.17) is 10.5 Å². The number of nitrogen functional groups attached to an aromatic ring is 1. The summed E-state index contributed by atoms with van der Waals surface area (Å²) in [6.07, 6.45) is 0. The highest BCUT2D eigenvalue weighted by Crippen LogP contribution is 2.29. The van der Waals surface area contributed by atoms with E-state index in [1.165, 1.54) is 0 Å². The number of hydrogen-bond acceptors (Lipinski definition) is 4. The molecule has 0 atom stereocenters. The molecule has 0 aliphatic rings. The molecule has 0 spiro atoms. The highest BCUT2D eigenvalue weighted by molar-refractivity contribution is 5.67. The third-order valence-corrected chi connectivity index (χ3v) is 2.88. The average molecular weight is 259 g/mol. The van der Waals surface area contributed by atoms with Crippen molar-refractivity contribution >= 4 is 5.82 Å². The van der Waals surface area contributed by atoms with Gasteiger partial charge in [-0.1, -0.05) is 0 Å². The molecule has 0 radical (unpaired) electrons. The minimum Gasteiger partial charge on any atom is -0.494 e. The van der Waals surface area contributed by atoms with E-state index < -0.39 is 5.69 Å². The molecule has 0 aliphatic carbocycles. The van der Waals surface area contributed by atoms with Gasteiger partial charge in [0, 0.05) is 11.6 Å². The second-order valence-electron chi connectivity index (χ2n) is 4.39. The van der Waals surface area contributed by atoms with Crippen molar-refractivity contribution in [1.29, 1.82) is 0 Å². The summed E-state index contributed by atoms with van der Waals surface area (Å²) in [5, 5.41) is 0. The Morgan fingerprint density at radius 1 is 1.26 bits per heavy atom. The Bertz CT molecular complexity index is 662. The van der Waals surface area contributed by atoms with Crippen molar-refractivity contribution < 1.29 is 4.74 Å². The molecule has 19 heavy (non-hydrogen) atoms. The average Bonchev–Trinajstić information content (AvgIpc) is 2.32. The highest BCUT2D eigenvalue weighted by Gasteiger charge is 2.09. The van der Waals surface area contributed by atoms with Crippen molar-refractivity contribution in [3.63, 3.8) is 0 Å². The van der Waals surface area contributed by atoms with Crippen LogP contribution in [0.15, 0.2) is 23.0 Å². The van der Waals surface area contributed by atoms with E-state index in [1.54, 1.807) is 6.07 Å². The highest BCUT2D eigenvalue weighted by atomic mass is 16.5. The van der Waals surface area contributed by atoms with Crippen LogP contribution in [0.3, 0.4) is 0 Å². The fourth-order valence-electron chi connectivity index (χ4n) is 2.01. The molecule has 1 aromatic carbocycles. The van der Waals surface area contributed by atoms with E-state index in [-0.39, 0.29) is 5.82 Å². The zero-order valence-electron chi connectivity index (χ0n) is 11.3. The van der Waals surface area contributed by atoms with Crippen molar-refractivity contribution in [1.82, 2.24) is 9.97 Å². The molecule has 0 bridgehead atoms. The van der Waals surface area contributed by atoms with Gasteiger partial charge in [0.2, 0.25) is 0 Å². The van der Waals surface area contributed by atoms with Crippen LogP contribution in [0.1, 0.15) is 18.1 Å². The van der Waals surface area contributed by atoms with Gasteiger partial charge in [0.1, 0.15) is 11.6 Å². The third-order valence-electron chi connectivity index (χ3n) is 2.88. The van der Waals surface area contributed by atoms with Crippen LogP contribution in [0.4, 0.5) is 5.82 Å². The van der Waals surface area contributed by atoms with Crippen molar-refractivity contribution in [2.75, 3.05) is 12.3 Å². The van der Waals surface area contributed by atoms with Crippen LogP contribution < -0.4 is 16.2 Å². The second kappa shape index (κ2) is 5.14. The molecule has 0 fully saturated rings. The minimum absolute atomic E-state index is 0.213. The smallest absolute Gasteiger partial charge is 0.347 e. The maximum Gasteiger partial charge on any atom is 0.347 e. The normalized spacial score (nSPS) is 10.5. The Labute approximate surface area is 111 Å². The lowest BCUT2D eigenvalue weighted by Crippen LogP contribution is -2.13. The zero-order valence-corrected chi connectivity index (χ0v) is 11.3. The number of aryl methyl sites for hydroxylation is 2. The number of aromatic amines is 1. The molecule has 2 rings (SSSR count). The van der Waals surface area contributed by atoms with E-state index in [9.17, 15) is 4.79 Å². The molecule has 5 nitrogen and oxygen atoms in total. The summed E-state index contributed by atoms with van der Waals surface area (Å²) in [7, 11) is 0. The number of benzene rings is 1. The molecule has 0 aliphatic heterocycles. The third kappa shape index (κ3) is 2.76. The van der Waals surface area contributed by atoms with E-state index >= 15 is 0 Å². The van der Waals surface area contributed by atoms with Crippen molar-refractivity contribution in [2.24, 2.45) is 0 Å². The monoisotopic (exact) mass is 259 g/mol. The van der Waals surface area contributed by atoms with Gasteiger partial charge in [-0.3, -0.25) is 0 Å². The standard InChI is InChI=1S/C14H17N3O2/c1-4-19-12-6-8(2)10(5-9(12)3)11-7-13(15)17-14(18)16-11/h5-7H,4H2,1-3H3,(H3,15,16,17,18). The van der Waals surface area contributed by atoms with Crippen LogP contribution in [0.25, 0.3) is 11.3 Å². The molecule has 0 unspecified atom stereocenters. The maximum absolute atomic E-state index is 11.4. The summed E-state index contributed by atoms with van der Waals surface area (Å²) in [5.41, 5.74) is 8.78. The number of aromatic nitrogens is 2. The molecule has 1 heterocycles. The Morgan fingerprint density at radius 2 is 2.00 bits per heavy atom. The summed E-state index contributed by atoms with van der Waals surface area (Å²) in [5.74, 6) is 1.07. The minimum atomic E-state index is -0.444. The summed E-state index contributed by atoms with van der Waals surface area (Å²) in [6, 6.07) is 5.59. The first-order valence-electron chi connectivity index (χ1n) is 6.12. The van der Waals surface area contributed by atoms with Gasteiger partial charge in [-0.2, -0.15) is 4.98 Å². The van der Waals surface area contributed by atoms with E-state index in [0.717, 1.165) is 22.4 Å². The molecule has 3 N–H and O–H groups in total. The Balaban J connectivity index is 2.56. The van der Waals surface area contributed by atoms with Gasteiger partial charge in [0.25, 0.3) is 0 Å². The van der Waals surface area contributed by atoms with Crippen LogP contribution in [0, 0.1) is 13.8 Å². The number of rotatable bonds is 3.